The first-order chi connectivity index (χ1) is 71.4. The fourth-order valence-corrected chi connectivity index (χ4v) is 23.6. The second kappa shape index (κ2) is 39.2. The van der Waals surface area contributed by atoms with Crippen LogP contribution >= 0.6 is 0 Å². The normalized spacial score (nSPS) is 13.2. The van der Waals surface area contributed by atoms with Gasteiger partial charge in [-0.15, -0.1) is 0 Å². The molecule has 0 radical (unpaired) electrons. The second-order valence-electron chi connectivity index (χ2n) is 38.9. The van der Waals surface area contributed by atoms with Crippen LogP contribution in [0, 0.1) is 0 Å². The van der Waals surface area contributed by atoms with E-state index in [4.69, 9.17) is 0 Å². The molecule has 0 heterocycles. The minimum atomic E-state index is 0.0756. The lowest BCUT2D eigenvalue weighted by Crippen LogP contribution is -2.07. The number of hydrogen-bond donors (Lipinski definition) is 0. The zero-order chi connectivity index (χ0) is 95.6. The molecule has 0 aliphatic heterocycles. The fraction of sp³-hybridized carbons (Fsp3) is 0.0556. The zero-order valence-electron chi connectivity index (χ0n) is 80.1. The average molecular weight is 1830 g/mol. The summed E-state index contributed by atoms with van der Waals surface area (Å²) in [4.78, 5) is 0. The third-order valence-corrected chi connectivity index (χ3v) is 30.7. The minimum absolute atomic E-state index is 0.0756. The van der Waals surface area contributed by atoms with Crippen LogP contribution in [0.1, 0.15) is 171 Å². The number of rotatable bonds is 19. The molecule has 0 bridgehead atoms. The lowest BCUT2D eigenvalue weighted by atomic mass is 9.80. The highest BCUT2D eigenvalue weighted by molar-refractivity contribution is 6.09. The van der Waals surface area contributed by atoms with E-state index in [1.807, 2.05) is 0 Å². The monoisotopic (exact) mass is 1830 g/mol. The van der Waals surface area contributed by atoms with Gasteiger partial charge in [-0.3, -0.25) is 0 Å². The molecule has 0 nitrogen and oxygen atoms in total. The van der Waals surface area contributed by atoms with Crippen LogP contribution in [0.25, 0.3) is 111 Å². The summed E-state index contributed by atoms with van der Waals surface area (Å²) in [6, 6.07) is 201. The van der Waals surface area contributed by atoms with Crippen molar-refractivity contribution in [2.24, 2.45) is 0 Å². The summed E-state index contributed by atoms with van der Waals surface area (Å²) in [6.45, 7) is 0. The van der Waals surface area contributed by atoms with E-state index in [1.54, 1.807) is 0 Å². The molecular formula is C144H104. The van der Waals surface area contributed by atoms with E-state index in [1.165, 1.54) is 233 Å². The summed E-state index contributed by atoms with van der Waals surface area (Å²) in [7, 11) is 0. The lowest BCUT2D eigenvalue weighted by Gasteiger charge is -2.23. The van der Waals surface area contributed by atoms with Crippen LogP contribution in [0.15, 0.2) is 570 Å². The van der Waals surface area contributed by atoms with Crippen molar-refractivity contribution in [1.29, 1.82) is 0 Å². The van der Waals surface area contributed by atoms with Gasteiger partial charge in [-0.05, 0) is 252 Å². The van der Waals surface area contributed by atoms with Crippen LogP contribution in [0.2, 0.25) is 0 Å². The molecule has 5 aliphatic rings. The molecule has 22 aromatic rings. The van der Waals surface area contributed by atoms with Crippen molar-refractivity contribution in [2.45, 2.75) is 48.3 Å². The van der Waals surface area contributed by atoms with Gasteiger partial charge in [0.15, 0.2) is 0 Å². The Labute approximate surface area is 845 Å². The highest BCUT2D eigenvalue weighted by atomic mass is 14.4. The number of allylic oxidation sites excluding steroid dienone is 8. The van der Waals surface area contributed by atoms with Crippen LogP contribution in [-0.2, 0) is 0 Å². The number of fused-ring (bicyclic) bond motifs is 12. The Morgan fingerprint density at radius 2 is 0.340 bits per heavy atom. The molecule has 0 saturated carbocycles. The standard InChI is InChI=1S/C58H40.C49H36.C37H28/c1-7-19-49-43(13-1)44-14-2-8-20-50(44)56(49)40-31-25-37(26-32-40)55(38-27-33-41(34-28-38)57-51-21-9-3-15-45(51)46-16-4-10-22-52(46)57)39-29-35-42(36-30-39)58-53-23-11-5-17-47(53)48-18-6-12-24-54(48)58;1-3-11-34(12-4-1)40-27-29-42(31-40)36-19-23-38(24-20-36)49(48-33-44-15-7-8-16-45(44)46-17-9-10-18-47(46)48)39-25-21-37(22-26-39)43-30-28-41(32-43)35-13-5-2-6-14-35;1-4-10-28(11-5-1)31-16-22-34(23-17-31)37(35-24-18-32(19-25-35)29-12-6-2-7-13-29)36-26-20-33(21-27-36)30-14-8-3-9-15-30/h1-36,55-58H;1-30,33,49H,31-32H2;1-27,37H. The molecule has 0 unspecified atom stereocenters. The summed E-state index contributed by atoms with van der Waals surface area (Å²) < 4.78 is 0. The Morgan fingerprint density at radius 1 is 0.146 bits per heavy atom. The SMILES string of the molecule is C1=C(c2ccccc2)CC(c2ccc(C(c3ccc(C4=CC=C(c5ccccc5)C4)cc3)c3cc4ccccc4c4ccccc34)cc2)=C1.c1ccc(-c2ccc(C(c3ccc(-c4ccccc4)cc3)c3ccc(-c4ccccc4)cc3)cc2)cc1.c1ccc2c(c1)-c1ccccc1C2c1ccc(C(c2ccc(C3c4ccccc4-c4ccccc43)cc2)c2ccc(C3c4ccccc4-c4ccccc43)cc2)cc1. The van der Waals surface area contributed by atoms with Gasteiger partial charge in [0.2, 0.25) is 0 Å². The van der Waals surface area contributed by atoms with Crippen LogP contribution < -0.4 is 0 Å². The molecule has 0 aromatic heterocycles. The van der Waals surface area contributed by atoms with E-state index in [0.717, 1.165) is 12.8 Å². The topological polar surface area (TPSA) is 0 Å². The molecule has 144 heavy (non-hydrogen) atoms. The maximum absolute atomic E-state index is 2.43. The zero-order valence-corrected chi connectivity index (χ0v) is 80.1. The van der Waals surface area contributed by atoms with Gasteiger partial charge in [0.1, 0.15) is 0 Å². The highest BCUT2D eigenvalue weighted by Crippen LogP contribution is 2.54. The van der Waals surface area contributed by atoms with Gasteiger partial charge in [-0.2, -0.15) is 0 Å². The molecule has 0 heteroatoms. The first-order valence-electron chi connectivity index (χ1n) is 50.8. The molecule has 27 rings (SSSR count). The minimum Gasteiger partial charge on any atom is -0.0622 e. The third-order valence-electron chi connectivity index (χ3n) is 30.7. The molecule has 0 atom stereocenters. The van der Waals surface area contributed by atoms with Gasteiger partial charge >= 0.3 is 0 Å². The van der Waals surface area contributed by atoms with E-state index < -0.39 is 0 Å². The van der Waals surface area contributed by atoms with Crippen molar-refractivity contribution >= 4 is 43.8 Å². The molecule has 22 aromatic carbocycles. The fourth-order valence-electron chi connectivity index (χ4n) is 23.6. The Balaban J connectivity index is 0.000000116. The van der Waals surface area contributed by atoms with E-state index in [0.29, 0.717) is 0 Å². The maximum Gasteiger partial charge on any atom is 0.0352 e. The molecule has 0 N–H and O–H groups in total. The van der Waals surface area contributed by atoms with E-state index in [2.05, 4.69) is 570 Å². The predicted octanol–water partition coefficient (Wildman–Crippen LogP) is 37.1. The van der Waals surface area contributed by atoms with Crippen molar-refractivity contribution < 1.29 is 0 Å². The summed E-state index contributed by atoms with van der Waals surface area (Å²) in [5, 5.41) is 5.20. The van der Waals surface area contributed by atoms with Gasteiger partial charge in [0.05, 0.1) is 0 Å². The predicted molar refractivity (Wildman–Crippen MR) is 605 cm³/mol. The summed E-state index contributed by atoms with van der Waals surface area (Å²) >= 11 is 0. The number of hydrogen-bond acceptors (Lipinski definition) is 0. The van der Waals surface area contributed by atoms with Gasteiger partial charge in [0.25, 0.3) is 0 Å². The quantitative estimate of drug-likeness (QED) is 0.0559. The van der Waals surface area contributed by atoms with Crippen molar-refractivity contribution in [3.05, 3.63) is 693 Å². The Morgan fingerprint density at radius 3 is 0.618 bits per heavy atom. The van der Waals surface area contributed by atoms with Gasteiger partial charge < -0.3 is 0 Å². The van der Waals surface area contributed by atoms with Crippen molar-refractivity contribution in [2.75, 3.05) is 0 Å². The molecule has 0 fully saturated rings. The smallest absolute Gasteiger partial charge is 0.0352 e. The highest BCUT2D eigenvalue weighted by Gasteiger charge is 2.35. The number of benzene rings is 22. The summed E-state index contributed by atoms with van der Waals surface area (Å²) in [6.07, 6.45) is 11.1. The van der Waals surface area contributed by atoms with Crippen LogP contribution in [0.5, 0.6) is 0 Å². The first kappa shape index (κ1) is 87.8. The molecule has 5 aliphatic carbocycles. The molecule has 0 amide bonds. The summed E-state index contributed by atoms with van der Waals surface area (Å²) in [5.74, 6) is 1.00. The molecule has 680 valence electrons. The van der Waals surface area contributed by atoms with Gasteiger partial charge in [-0.25, -0.2) is 0 Å². The third kappa shape index (κ3) is 17.1. The Bertz CT molecular complexity index is 7790. The van der Waals surface area contributed by atoms with Crippen LogP contribution in [0.4, 0.5) is 0 Å². The molecular weight excluding hydrogens is 1730 g/mol. The lowest BCUT2D eigenvalue weighted by molar-refractivity contribution is 0.946. The van der Waals surface area contributed by atoms with Gasteiger partial charge in [0, 0.05) is 35.5 Å². The Hall–Kier alpha value is -17.7. The van der Waals surface area contributed by atoms with E-state index in [-0.39, 0.29) is 35.5 Å². The molecule has 0 saturated heterocycles. The largest absolute Gasteiger partial charge is 0.0622 e. The first-order valence-corrected chi connectivity index (χ1v) is 50.8. The Kier molecular flexibility index (Phi) is 23.9. The summed E-state index contributed by atoms with van der Waals surface area (Å²) in [5.41, 5.74) is 50.3. The average Bonchev–Trinajstić information content (AvgIpc) is 1.38. The van der Waals surface area contributed by atoms with Gasteiger partial charge in [-0.1, -0.05) is 564 Å². The van der Waals surface area contributed by atoms with E-state index in [9.17, 15) is 0 Å². The van der Waals surface area contributed by atoms with Crippen LogP contribution in [0.3, 0.4) is 0 Å². The van der Waals surface area contributed by atoms with Crippen molar-refractivity contribution in [3.8, 4) is 66.8 Å². The second-order valence-corrected chi connectivity index (χ2v) is 38.9. The van der Waals surface area contributed by atoms with E-state index >= 15 is 0 Å². The maximum atomic E-state index is 2.43. The van der Waals surface area contributed by atoms with Crippen LogP contribution in [-0.4, -0.2) is 0 Å². The van der Waals surface area contributed by atoms with Crippen molar-refractivity contribution in [3.63, 3.8) is 0 Å². The molecule has 0 spiro atoms. The van der Waals surface area contributed by atoms with Crippen molar-refractivity contribution in [1.82, 2.24) is 0 Å².